The Morgan fingerprint density at radius 2 is 1.22 bits per heavy atom. The molecule has 3 aliphatic carbocycles. The zero-order valence-corrected chi connectivity index (χ0v) is 22.3. The third kappa shape index (κ3) is 3.71. The monoisotopic (exact) mass is 563 g/mol. The molecule has 1 saturated heterocycles. The first-order chi connectivity index (χ1) is 19.9. The summed E-state index contributed by atoms with van der Waals surface area (Å²) in [7, 11) is 0. The Labute approximate surface area is 239 Å². The minimum absolute atomic E-state index is 0.104. The largest absolute Gasteiger partial charge is 0.273 e. The normalized spacial score (nSPS) is 21.7. The number of imide groups is 1. The van der Waals surface area contributed by atoms with E-state index in [2.05, 4.69) is 0 Å². The molecule has 202 valence electrons. The van der Waals surface area contributed by atoms with Crippen LogP contribution in [0.3, 0.4) is 0 Å². The van der Waals surface area contributed by atoms with Gasteiger partial charge in [-0.05, 0) is 46.0 Å². The molecule has 9 heteroatoms. The van der Waals surface area contributed by atoms with Gasteiger partial charge in [0.2, 0.25) is 0 Å². The van der Waals surface area contributed by atoms with Crippen molar-refractivity contribution in [1.29, 1.82) is 0 Å². The van der Waals surface area contributed by atoms with Crippen LogP contribution in [-0.4, -0.2) is 32.7 Å². The van der Waals surface area contributed by atoms with E-state index >= 15 is 0 Å². The number of nitro groups is 1. The predicted molar refractivity (Wildman–Crippen MR) is 150 cm³/mol. The Hall–Kier alpha value is -4.82. The number of hydrazine groups is 1. The van der Waals surface area contributed by atoms with Crippen LogP contribution in [-0.2, 0) is 16.1 Å². The summed E-state index contributed by atoms with van der Waals surface area (Å²) in [5, 5.41) is 13.7. The number of nitro benzene ring substituents is 1. The van der Waals surface area contributed by atoms with E-state index in [9.17, 15) is 24.5 Å². The van der Waals surface area contributed by atoms with Crippen molar-refractivity contribution in [2.45, 2.75) is 18.4 Å². The van der Waals surface area contributed by atoms with Gasteiger partial charge in [-0.25, -0.2) is 5.01 Å². The molecule has 0 radical (unpaired) electrons. The Kier molecular flexibility index (Phi) is 5.76. The molecule has 3 amide bonds. The average Bonchev–Trinajstić information content (AvgIpc) is 3.26. The molecule has 41 heavy (non-hydrogen) atoms. The molecule has 2 atom stereocenters. The first kappa shape index (κ1) is 25.2. The van der Waals surface area contributed by atoms with Crippen molar-refractivity contribution in [3.05, 3.63) is 146 Å². The van der Waals surface area contributed by atoms with Gasteiger partial charge in [0, 0.05) is 34.6 Å². The zero-order valence-electron chi connectivity index (χ0n) is 21.5. The molecule has 0 N–H and O–H groups in total. The fourth-order valence-corrected chi connectivity index (χ4v) is 6.99. The van der Waals surface area contributed by atoms with E-state index in [1.807, 2.05) is 48.5 Å². The van der Waals surface area contributed by atoms with Crippen LogP contribution in [0, 0.1) is 22.0 Å². The first-order valence-electron chi connectivity index (χ1n) is 13.2. The first-order valence-corrected chi connectivity index (χ1v) is 13.6. The van der Waals surface area contributed by atoms with Gasteiger partial charge in [0.1, 0.15) is 0 Å². The summed E-state index contributed by atoms with van der Waals surface area (Å²) in [6.07, 6.45) is 0. The van der Waals surface area contributed by atoms with Gasteiger partial charge in [-0.2, -0.15) is 5.01 Å². The molecular formula is C32H22ClN3O5. The molecule has 2 bridgehead atoms. The fraction of sp³-hybridized carbons (Fsp3) is 0.156. The SMILES string of the molecule is O=C(c1ccc([N+](=O)[O-])cc1)N(Cc1ccccc1Cl)N1C(=O)[C@@H]2C3c4ccccc4C(c4ccccc43)[C@@H]2C1=O. The van der Waals surface area contributed by atoms with Crippen LogP contribution in [0.15, 0.2) is 97.1 Å². The summed E-state index contributed by atoms with van der Waals surface area (Å²) >= 11 is 6.45. The van der Waals surface area contributed by atoms with Crippen LogP contribution in [0.1, 0.15) is 50.0 Å². The highest BCUT2D eigenvalue weighted by Crippen LogP contribution is 2.61. The Bertz CT molecular complexity index is 1660. The maximum Gasteiger partial charge on any atom is 0.273 e. The smallest absolute Gasteiger partial charge is 0.272 e. The highest BCUT2D eigenvalue weighted by Gasteiger charge is 2.63. The second-order valence-electron chi connectivity index (χ2n) is 10.5. The molecule has 8 nitrogen and oxygen atoms in total. The van der Waals surface area contributed by atoms with Gasteiger partial charge < -0.3 is 0 Å². The van der Waals surface area contributed by atoms with E-state index in [4.69, 9.17) is 11.6 Å². The average molecular weight is 564 g/mol. The van der Waals surface area contributed by atoms with Crippen molar-refractivity contribution >= 4 is 35.0 Å². The third-order valence-corrected chi connectivity index (χ3v) is 8.87. The standard InChI is InChI=1S/C32H22ClN3O5/c33-25-12-6-1-7-19(25)17-34(30(37)18-13-15-20(16-14-18)36(40)41)35-31(38)28-26-21-8-2-3-9-22(21)27(29(28)32(35)39)24-11-5-4-10-23(24)26/h1-16,26-29H,17H2/t26?,27?,28-,29+. The van der Waals surface area contributed by atoms with E-state index in [0.717, 1.165) is 32.3 Å². The number of carbonyl (C=O) groups is 3. The zero-order chi connectivity index (χ0) is 28.4. The molecule has 1 fully saturated rings. The molecule has 0 aromatic heterocycles. The number of halogens is 1. The van der Waals surface area contributed by atoms with Crippen LogP contribution >= 0.6 is 11.6 Å². The molecule has 0 unspecified atom stereocenters. The number of hydrogen-bond acceptors (Lipinski definition) is 5. The lowest BCUT2D eigenvalue weighted by Gasteiger charge is -2.45. The molecule has 4 aromatic carbocycles. The van der Waals surface area contributed by atoms with Gasteiger partial charge in [-0.15, -0.1) is 0 Å². The van der Waals surface area contributed by atoms with Crippen LogP contribution in [0.25, 0.3) is 0 Å². The van der Waals surface area contributed by atoms with Crippen molar-refractivity contribution in [2.75, 3.05) is 0 Å². The number of amides is 3. The lowest BCUT2D eigenvalue weighted by Crippen LogP contribution is -2.50. The van der Waals surface area contributed by atoms with Crippen molar-refractivity contribution in [3.8, 4) is 0 Å². The van der Waals surface area contributed by atoms with E-state index in [0.29, 0.717) is 10.6 Å². The van der Waals surface area contributed by atoms with Gasteiger partial charge in [0.15, 0.2) is 0 Å². The number of nitrogens with zero attached hydrogens (tertiary/aromatic N) is 3. The van der Waals surface area contributed by atoms with Gasteiger partial charge in [-0.1, -0.05) is 78.3 Å². The topological polar surface area (TPSA) is 101 Å². The molecule has 4 aromatic rings. The maximum atomic E-state index is 14.3. The van der Waals surface area contributed by atoms with Crippen molar-refractivity contribution in [3.63, 3.8) is 0 Å². The Morgan fingerprint density at radius 1 is 0.756 bits per heavy atom. The second-order valence-corrected chi connectivity index (χ2v) is 10.9. The van der Waals surface area contributed by atoms with Crippen LogP contribution in [0.2, 0.25) is 5.02 Å². The molecular weight excluding hydrogens is 542 g/mol. The molecule has 0 saturated carbocycles. The summed E-state index contributed by atoms with van der Waals surface area (Å²) in [6.45, 7) is -0.137. The number of hydrogen-bond donors (Lipinski definition) is 0. The molecule has 8 rings (SSSR count). The number of rotatable bonds is 5. The maximum absolute atomic E-state index is 14.3. The second kappa shape index (κ2) is 9.38. The molecule has 1 aliphatic heterocycles. The molecule has 1 heterocycles. The van der Waals surface area contributed by atoms with Gasteiger partial charge >= 0.3 is 0 Å². The van der Waals surface area contributed by atoms with Gasteiger partial charge in [-0.3, -0.25) is 24.5 Å². The quantitative estimate of drug-likeness (QED) is 0.176. The summed E-state index contributed by atoms with van der Waals surface area (Å²) < 4.78 is 0. The third-order valence-electron chi connectivity index (χ3n) is 8.50. The molecule has 0 spiro atoms. The van der Waals surface area contributed by atoms with E-state index < -0.39 is 34.5 Å². The minimum Gasteiger partial charge on any atom is -0.272 e. The van der Waals surface area contributed by atoms with Gasteiger partial charge in [0.25, 0.3) is 23.4 Å². The van der Waals surface area contributed by atoms with Crippen molar-refractivity contribution < 1.29 is 19.3 Å². The van der Waals surface area contributed by atoms with Crippen LogP contribution in [0.5, 0.6) is 0 Å². The number of non-ortho nitro benzene ring substituents is 1. The fourth-order valence-electron chi connectivity index (χ4n) is 6.80. The highest BCUT2D eigenvalue weighted by molar-refractivity contribution is 6.31. The van der Waals surface area contributed by atoms with Crippen molar-refractivity contribution in [1.82, 2.24) is 10.0 Å². The summed E-state index contributed by atoms with van der Waals surface area (Å²) in [6, 6.07) is 27.9. The van der Waals surface area contributed by atoms with E-state index in [1.165, 1.54) is 24.3 Å². The van der Waals surface area contributed by atoms with Crippen molar-refractivity contribution in [2.24, 2.45) is 11.8 Å². The lowest BCUT2D eigenvalue weighted by atomic mass is 9.55. The highest BCUT2D eigenvalue weighted by atomic mass is 35.5. The number of benzene rings is 4. The Morgan fingerprint density at radius 3 is 1.68 bits per heavy atom. The summed E-state index contributed by atoms with van der Waals surface area (Å²) in [4.78, 5) is 53.3. The lowest BCUT2D eigenvalue weighted by molar-refractivity contribution is -0.384. The van der Waals surface area contributed by atoms with E-state index in [1.54, 1.807) is 24.3 Å². The summed E-state index contributed by atoms with van der Waals surface area (Å²) in [5.74, 6) is -3.51. The number of carbonyl (C=O) groups excluding carboxylic acids is 3. The van der Waals surface area contributed by atoms with Crippen LogP contribution in [0.4, 0.5) is 5.69 Å². The molecule has 4 aliphatic rings. The summed E-state index contributed by atoms with van der Waals surface area (Å²) in [5.41, 5.74) is 4.59. The van der Waals surface area contributed by atoms with Crippen LogP contribution < -0.4 is 0 Å². The Balaban J connectivity index is 1.34. The van der Waals surface area contributed by atoms with Gasteiger partial charge in [0.05, 0.1) is 23.3 Å². The van der Waals surface area contributed by atoms with E-state index in [-0.39, 0.29) is 29.6 Å². The predicted octanol–water partition coefficient (Wildman–Crippen LogP) is 5.70. The minimum atomic E-state index is -0.671.